The Hall–Kier alpha value is -1.35. The van der Waals surface area contributed by atoms with Crippen molar-refractivity contribution in [2.24, 2.45) is 5.92 Å². The summed E-state index contributed by atoms with van der Waals surface area (Å²) >= 11 is 0. The summed E-state index contributed by atoms with van der Waals surface area (Å²) in [5.74, 6) is 0.858. The first kappa shape index (κ1) is 14.1. The molecule has 19 heavy (non-hydrogen) atoms. The molecule has 0 spiro atoms. The molecule has 0 bridgehead atoms. The molecule has 1 fully saturated rings. The van der Waals surface area contributed by atoms with Crippen LogP contribution in [0.3, 0.4) is 0 Å². The molecular weight excluding hydrogens is 236 g/mol. The van der Waals surface area contributed by atoms with Gasteiger partial charge in [0, 0.05) is 13.6 Å². The zero-order valence-electron chi connectivity index (χ0n) is 12.1. The lowest BCUT2D eigenvalue weighted by atomic mass is 9.93. The molecule has 0 aliphatic carbocycles. The van der Waals surface area contributed by atoms with Crippen LogP contribution in [0.15, 0.2) is 24.3 Å². The van der Waals surface area contributed by atoms with E-state index >= 15 is 0 Å². The molecule has 1 saturated heterocycles. The Balaban J connectivity index is 1.97. The molecule has 0 saturated carbocycles. The number of rotatable bonds is 3. The summed E-state index contributed by atoms with van der Waals surface area (Å²) in [6.45, 7) is 5.96. The van der Waals surface area contributed by atoms with Crippen LogP contribution in [0.2, 0.25) is 0 Å². The largest absolute Gasteiger partial charge is 0.340 e. The van der Waals surface area contributed by atoms with Crippen molar-refractivity contribution in [1.29, 1.82) is 0 Å². The molecule has 1 N–H and O–H groups in total. The molecule has 1 aliphatic rings. The number of nitrogens with one attached hydrogen (secondary N) is 1. The molecule has 1 aliphatic heterocycles. The van der Waals surface area contributed by atoms with Crippen molar-refractivity contribution in [3.63, 3.8) is 0 Å². The van der Waals surface area contributed by atoms with Crippen molar-refractivity contribution in [2.75, 3.05) is 13.6 Å². The van der Waals surface area contributed by atoms with E-state index in [0.29, 0.717) is 12.5 Å². The summed E-state index contributed by atoms with van der Waals surface area (Å²) in [4.78, 5) is 14.3. The third-order valence-electron chi connectivity index (χ3n) is 4.01. The van der Waals surface area contributed by atoms with Gasteiger partial charge in [-0.3, -0.25) is 4.79 Å². The molecule has 1 aromatic rings. The molecule has 1 heterocycles. The second-order valence-electron chi connectivity index (χ2n) is 5.76. The monoisotopic (exact) mass is 260 g/mol. The lowest BCUT2D eigenvalue weighted by Crippen LogP contribution is -2.48. The van der Waals surface area contributed by atoms with Crippen molar-refractivity contribution >= 4 is 5.91 Å². The molecule has 1 aromatic carbocycles. The fourth-order valence-electron chi connectivity index (χ4n) is 2.68. The van der Waals surface area contributed by atoms with Gasteiger partial charge in [-0.15, -0.1) is 0 Å². The standard InChI is InChI=1S/C16H24N2O/c1-12-8-9-17-15(10-12)16(19)18(3)11-14-7-5-4-6-13(14)2/h4-7,12,15,17H,8-11H2,1-3H3. The van der Waals surface area contributed by atoms with Crippen molar-refractivity contribution in [1.82, 2.24) is 10.2 Å². The van der Waals surface area contributed by atoms with Gasteiger partial charge >= 0.3 is 0 Å². The van der Waals surface area contributed by atoms with E-state index in [4.69, 9.17) is 0 Å². The Morgan fingerprint density at radius 3 is 2.84 bits per heavy atom. The van der Waals surface area contributed by atoms with Gasteiger partial charge in [-0.2, -0.15) is 0 Å². The quantitative estimate of drug-likeness (QED) is 0.904. The van der Waals surface area contributed by atoms with Gasteiger partial charge in [-0.05, 0) is 43.4 Å². The third kappa shape index (κ3) is 3.57. The van der Waals surface area contributed by atoms with Gasteiger partial charge < -0.3 is 10.2 Å². The van der Waals surface area contributed by atoms with Crippen LogP contribution in [-0.4, -0.2) is 30.4 Å². The molecule has 2 unspecified atom stereocenters. The number of piperidine rings is 1. The van der Waals surface area contributed by atoms with Gasteiger partial charge in [0.15, 0.2) is 0 Å². The fourth-order valence-corrected chi connectivity index (χ4v) is 2.68. The Bertz CT molecular complexity index is 444. The normalized spacial score (nSPS) is 23.1. The maximum atomic E-state index is 12.4. The molecule has 2 rings (SSSR count). The highest BCUT2D eigenvalue weighted by Crippen LogP contribution is 2.17. The van der Waals surface area contributed by atoms with Crippen LogP contribution in [0.1, 0.15) is 30.9 Å². The molecule has 0 aromatic heterocycles. The smallest absolute Gasteiger partial charge is 0.239 e. The Labute approximate surface area is 116 Å². The van der Waals surface area contributed by atoms with Crippen LogP contribution < -0.4 is 5.32 Å². The highest BCUT2D eigenvalue weighted by atomic mass is 16.2. The number of hydrogen-bond donors (Lipinski definition) is 1. The maximum Gasteiger partial charge on any atom is 0.239 e. The minimum atomic E-state index is -0.00207. The number of carbonyl (C=O) groups excluding carboxylic acids is 1. The van der Waals surface area contributed by atoms with Gasteiger partial charge in [0.25, 0.3) is 0 Å². The number of hydrogen-bond acceptors (Lipinski definition) is 2. The van der Waals surface area contributed by atoms with Gasteiger partial charge in [0.1, 0.15) is 0 Å². The van der Waals surface area contributed by atoms with E-state index in [0.717, 1.165) is 13.0 Å². The zero-order valence-corrected chi connectivity index (χ0v) is 12.1. The second kappa shape index (κ2) is 6.20. The lowest BCUT2D eigenvalue weighted by Gasteiger charge is -2.30. The number of carbonyl (C=O) groups is 1. The van der Waals surface area contributed by atoms with Crippen LogP contribution in [0.5, 0.6) is 0 Å². The molecule has 3 nitrogen and oxygen atoms in total. The third-order valence-corrected chi connectivity index (χ3v) is 4.01. The van der Waals surface area contributed by atoms with Crippen molar-refractivity contribution in [2.45, 2.75) is 39.3 Å². The molecule has 3 heteroatoms. The fraction of sp³-hybridized carbons (Fsp3) is 0.562. The topological polar surface area (TPSA) is 32.3 Å². The van der Waals surface area contributed by atoms with Crippen LogP contribution >= 0.6 is 0 Å². The van der Waals surface area contributed by atoms with Crippen molar-refractivity contribution in [3.05, 3.63) is 35.4 Å². The molecule has 2 atom stereocenters. The predicted molar refractivity (Wildman–Crippen MR) is 77.8 cm³/mol. The van der Waals surface area contributed by atoms with Crippen molar-refractivity contribution in [3.8, 4) is 0 Å². The van der Waals surface area contributed by atoms with E-state index in [-0.39, 0.29) is 11.9 Å². The Morgan fingerprint density at radius 1 is 1.42 bits per heavy atom. The highest BCUT2D eigenvalue weighted by molar-refractivity contribution is 5.81. The van der Waals surface area contributed by atoms with Gasteiger partial charge in [-0.25, -0.2) is 0 Å². The minimum Gasteiger partial charge on any atom is -0.340 e. The molecule has 0 radical (unpaired) electrons. The first-order valence-corrected chi connectivity index (χ1v) is 7.11. The SMILES string of the molecule is Cc1ccccc1CN(C)C(=O)C1CC(C)CCN1. The Kier molecular flexibility index (Phi) is 4.59. The first-order valence-electron chi connectivity index (χ1n) is 7.11. The Morgan fingerprint density at radius 2 is 2.16 bits per heavy atom. The van der Waals surface area contributed by atoms with Crippen LogP contribution in [0.25, 0.3) is 0 Å². The number of likely N-dealkylation sites (N-methyl/N-ethyl adjacent to an activating group) is 1. The number of aryl methyl sites for hydroxylation is 1. The first-order chi connectivity index (χ1) is 9.08. The molecule has 1 amide bonds. The van der Waals surface area contributed by atoms with E-state index in [9.17, 15) is 4.79 Å². The average Bonchev–Trinajstić information content (AvgIpc) is 2.40. The zero-order chi connectivity index (χ0) is 13.8. The molecule has 104 valence electrons. The van der Waals surface area contributed by atoms with E-state index in [1.165, 1.54) is 17.5 Å². The lowest BCUT2D eigenvalue weighted by molar-refractivity contribution is -0.133. The summed E-state index contributed by atoms with van der Waals surface area (Å²) in [6.07, 6.45) is 2.13. The molecular formula is C16H24N2O. The van der Waals surface area contributed by atoms with Gasteiger partial charge in [-0.1, -0.05) is 31.2 Å². The summed E-state index contributed by atoms with van der Waals surface area (Å²) < 4.78 is 0. The van der Waals surface area contributed by atoms with Crippen molar-refractivity contribution < 1.29 is 4.79 Å². The van der Waals surface area contributed by atoms with Crippen LogP contribution in [0, 0.1) is 12.8 Å². The van der Waals surface area contributed by atoms with E-state index in [2.05, 4.69) is 31.3 Å². The highest BCUT2D eigenvalue weighted by Gasteiger charge is 2.26. The van der Waals surface area contributed by atoms with E-state index < -0.39 is 0 Å². The predicted octanol–water partition coefficient (Wildman–Crippen LogP) is 2.34. The average molecular weight is 260 g/mol. The van der Waals surface area contributed by atoms with Crippen LogP contribution in [0.4, 0.5) is 0 Å². The summed E-state index contributed by atoms with van der Waals surface area (Å²) in [6, 6.07) is 8.25. The second-order valence-corrected chi connectivity index (χ2v) is 5.76. The summed E-state index contributed by atoms with van der Waals surface area (Å²) in [5.41, 5.74) is 2.47. The van der Waals surface area contributed by atoms with Gasteiger partial charge in [0.05, 0.1) is 6.04 Å². The number of nitrogens with zero attached hydrogens (tertiary/aromatic N) is 1. The summed E-state index contributed by atoms with van der Waals surface area (Å²) in [5, 5.41) is 3.34. The summed E-state index contributed by atoms with van der Waals surface area (Å²) in [7, 11) is 1.90. The maximum absolute atomic E-state index is 12.4. The van der Waals surface area contributed by atoms with Gasteiger partial charge in [0.2, 0.25) is 5.91 Å². The van der Waals surface area contributed by atoms with E-state index in [1.807, 2.05) is 24.1 Å². The van der Waals surface area contributed by atoms with E-state index in [1.54, 1.807) is 0 Å². The number of benzene rings is 1. The van der Waals surface area contributed by atoms with Crippen LogP contribution in [-0.2, 0) is 11.3 Å². The minimum absolute atomic E-state index is 0.00207. The number of amides is 1.